The second kappa shape index (κ2) is 24.4. The molecule has 31 heteroatoms. The highest BCUT2D eigenvalue weighted by atomic mass is 35.5. The van der Waals surface area contributed by atoms with E-state index in [9.17, 15) is 10.2 Å². The first-order valence-electron chi connectivity index (χ1n) is 29.4. The molecule has 2 N–H and O–H groups in total. The van der Waals surface area contributed by atoms with Crippen LogP contribution in [0.2, 0.25) is 28.5 Å². The lowest BCUT2D eigenvalue weighted by Gasteiger charge is -2.31. The zero-order valence-corrected chi connectivity index (χ0v) is 56.2. The topological polar surface area (TPSA) is 234 Å². The maximum absolute atomic E-state index is 11.3. The average Bonchev–Trinajstić information content (AvgIpc) is 1.60. The molecule has 15 atom stereocenters. The van der Waals surface area contributed by atoms with Gasteiger partial charge in [-0.15, -0.1) is 34.0 Å². The number of ether oxygens (including phenoxy) is 11. The largest absolute Gasteiger partial charge is 0.396 e. The van der Waals surface area contributed by atoms with Gasteiger partial charge in [-0.2, -0.15) is 0 Å². The average molecular weight is 1420 g/mol. The molecule has 0 saturated carbocycles. The number of rotatable bonds is 9. The Bertz CT molecular complexity index is 4040. The van der Waals surface area contributed by atoms with Crippen molar-refractivity contribution in [3.05, 3.63) is 134 Å². The number of aromatic nitrogens is 9. The highest BCUT2D eigenvalue weighted by Crippen LogP contribution is 2.54. The van der Waals surface area contributed by atoms with E-state index in [1.807, 2.05) is 104 Å². The van der Waals surface area contributed by atoms with Gasteiger partial charge in [-0.1, -0.05) is 69.6 Å². The van der Waals surface area contributed by atoms with Crippen molar-refractivity contribution in [2.75, 3.05) is 19.8 Å². The van der Waals surface area contributed by atoms with Gasteiger partial charge in [0.15, 0.2) is 36.0 Å². The fourth-order valence-corrected chi connectivity index (χ4v) is 18.4. The number of hydrogen-bond donors (Lipinski definition) is 2. The van der Waals surface area contributed by atoms with Crippen LogP contribution in [-0.2, 0) is 71.4 Å². The predicted molar refractivity (Wildman–Crippen MR) is 339 cm³/mol. The summed E-state index contributed by atoms with van der Waals surface area (Å²) in [4.78, 5) is 28.2. The fourth-order valence-electron chi connectivity index (χ4n) is 13.7. The van der Waals surface area contributed by atoms with E-state index in [1.54, 1.807) is 28.7 Å². The monoisotopic (exact) mass is 1420 g/mol. The van der Waals surface area contributed by atoms with E-state index in [-0.39, 0.29) is 55.4 Å². The number of aliphatic hydroxyl groups is 2. The third kappa shape index (κ3) is 11.5. The van der Waals surface area contributed by atoms with E-state index in [2.05, 4.69) is 29.9 Å². The normalized spacial score (nSPS) is 31.1. The summed E-state index contributed by atoms with van der Waals surface area (Å²) in [6.45, 7) is 12.5. The van der Waals surface area contributed by atoms with Gasteiger partial charge in [-0.3, -0.25) is 0 Å². The minimum atomic E-state index is -1.01. The van der Waals surface area contributed by atoms with Crippen molar-refractivity contribution in [1.29, 1.82) is 0 Å². The molecule has 0 aliphatic carbocycles. The Morgan fingerprint density at radius 3 is 1.32 bits per heavy atom. The zero-order valence-electron chi connectivity index (χ0n) is 49.2. The molecule has 0 unspecified atom stereocenters. The Kier molecular flexibility index (Phi) is 16.9. The molecule has 6 saturated heterocycles. The van der Waals surface area contributed by atoms with E-state index in [1.165, 1.54) is 41.4 Å². The molecule has 8 aliphatic heterocycles. The lowest BCUT2D eigenvalue weighted by atomic mass is 9.99. The minimum absolute atomic E-state index is 0.0462. The van der Waals surface area contributed by atoms with E-state index >= 15 is 0 Å². The van der Waals surface area contributed by atoms with Crippen LogP contribution in [0.25, 0.3) is 33.1 Å². The quantitative estimate of drug-likeness (QED) is 0.128. The van der Waals surface area contributed by atoms with Crippen molar-refractivity contribution in [3.8, 4) is 0 Å². The Morgan fingerprint density at radius 2 is 0.890 bits per heavy atom. The van der Waals surface area contributed by atoms with Gasteiger partial charge in [0.25, 0.3) is 0 Å². The molecule has 8 aliphatic rings. The smallest absolute Gasteiger partial charge is 0.164 e. The standard InChI is InChI=1S/C20H21Cl2N3O5S.2C20H19Cl2N3O4S/c1-20(2)29-14-13(12(27)16-9(4-6-26)7-11(21)31-16)28-19(15(14)30-20)25-5-3-10-17(22)23-8-24-18(10)25;2*1-20(2)28-13-12(14-16-9(4-6-26-14)7-11(21)30-16)27-19(15(13)29-20)25-5-3-10-17(22)23-8-24-18(10)25/h3,5,7-8,12-15,19,26-27H,4,6H2,1-2H3;2*3,5,7-8,12-15,19H,4,6H2,1-2H3/t12-,13-,14-,15-,19-;12-,13+,14+,15+,19+;12-,13+,14-,15+,19+/m100/s1. The number of thiophene rings is 3. The number of nitrogens with zero attached hydrogens (tertiary/aromatic N) is 9. The van der Waals surface area contributed by atoms with Crippen LogP contribution in [0.5, 0.6) is 0 Å². The molecule has 0 amide bonds. The van der Waals surface area contributed by atoms with E-state index in [0.29, 0.717) is 66.6 Å². The summed E-state index contributed by atoms with van der Waals surface area (Å²) in [5.74, 6) is -2.29. The predicted octanol–water partition coefficient (Wildman–Crippen LogP) is 12.5. The Labute approximate surface area is 562 Å². The van der Waals surface area contributed by atoms with Gasteiger partial charge in [0, 0.05) is 39.8 Å². The summed E-state index contributed by atoms with van der Waals surface area (Å²) in [5, 5.41) is 24.1. The van der Waals surface area contributed by atoms with Crippen LogP contribution in [-0.4, -0.2) is 146 Å². The molecule has 9 aromatic heterocycles. The summed E-state index contributed by atoms with van der Waals surface area (Å²) in [7, 11) is 0. The molecule has 22 nitrogen and oxygen atoms in total. The van der Waals surface area contributed by atoms with E-state index < -0.39 is 60.5 Å². The van der Waals surface area contributed by atoms with Crippen LogP contribution < -0.4 is 0 Å². The van der Waals surface area contributed by atoms with Crippen molar-refractivity contribution in [1.82, 2.24) is 43.6 Å². The molecule has 9 aromatic rings. The van der Waals surface area contributed by atoms with E-state index in [0.717, 1.165) is 47.6 Å². The highest BCUT2D eigenvalue weighted by molar-refractivity contribution is 7.17. The molecule has 17 heterocycles. The summed E-state index contributed by atoms with van der Waals surface area (Å²) in [5.41, 5.74) is 5.21. The van der Waals surface area contributed by atoms with Crippen molar-refractivity contribution in [2.45, 2.75) is 170 Å². The van der Waals surface area contributed by atoms with Crippen LogP contribution in [0.4, 0.5) is 0 Å². The number of aliphatic hydroxyl groups excluding tert-OH is 2. The molecule has 6 fully saturated rings. The van der Waals surface area contributed by atoms with Gasteiger partial charge in [0.2, 0.25) is 0 Å². The SMILES string of the molecule is CC1(C)O[C@H]2[C@@H](O1)[C@H](n1ccc3c(Cl)ncnc31)O[C@@H]2[C@@H](O)c1sc(Cl)cc1CCO.CC1(C)O[C@H]2[C@@H](O1)[C@H](n1ccc3c(Cl)ncnc31)O[C@@H]2[C@@H]1OCCc2cc(Cl)sc21.CC1(C)O[C@H]2[C@@H](O1)[C@H](n1ccc3c(Cl)ncnc31)O[C@@H]2[C@H]1OCCc2cc(Cl)sc21. The summed E-state index contributed by atoms with van der Waals surface area (Å²) >= 11 is 41.9. The van der Waals surface area contributed by atoms with Crippen molar-refractivity contribution >= 4 is 137 Å². The second-order valence-electron chi connectivity index (χ2n) is 24.4. The van der Waals surface area contributed by atoms with Gasteiger partial charge in [-0.25, -0.2) is 29.9 Å². The van der Waals surface area contributed by atoms with Crippen LogP contribution in [0.3, 0.4) is 0 Å². The van der Waals surface area contributed by atoms with Crippen LogP contribution in [0, 0.1) is 0 Å². The van der Waals surface area contributed by atoms with Crippen molar-refractivity contribution in [2.24, 2.45) is 0 Å². The third-order valence-electron chi connectivity index (χ3n) is 17.2. The lowest BCUT2D eigenvalue weighted by molar-refractivity contribution is -0.212. The summed E-state index contributed by atoms with van der Waals surface area (Å²) in [6.07, 6.45) is 5.38. The van der Waals surface area contributed by atoms with Crippen molar-refractivity contribution in [3.63, 3.8) is 0 Å². The maximum atomic E-state index is 11.3. The molecule has 17 rings (SSSR count). The minimum Gasteiger partial charge on any atom is -0.396 e. The van der Waals surface area contributed by atoms with Crippen LogP contribution >= 0.6 is 104 Å². The molecule has 0 bridgehead atoms. The molecule has 482 valence electrons. The number of fused-ring (bicyclic) bond motifs is 8. The zero-order chi connectivity index (χ0) is 63.2. The van der Waals surface area contributed by atoms with Gasteiger partial charge < -0.3 is 76.0 Å². The van der Waals surface area contributed by atoms with Gasteiger partial charge in [-0.05, 0) is 114 Å². The first-order valence-corrected chi connectivity index (χ1v) is 34.1. The summed E-state index contributed by atoms with van der Waals surface area (Å²) in [6, 6.07) is 11.4. The number of hydrogen-bond acceptors (Lipinski definition) is 22. The lowest BCUT2D eigenvalue weighted by Crippen LogP contribution is -2.36. The van der Waals surface area contributed by atoms with Crippen molar-refractivity contribution < 1.29 is 62.3 Å². The third-order valence-corrected chi connectivity index (χ3v) is 22.3. The summed E-state index contributed by atoms with van der Waals surface area (Å²) < 4.78 is 77.1. The molecule has 0 radical (unpaired) electrons. The molecule has 0 aromatic carbocycles. The fraction of sp³-hybridized carbons (Fsp3) is 0.500. The molecule has 0 spiro atoms. The first-order chi connectivity index (χ1) is 43.6. The van der Waals surface area contributed by atoms with Gasteiger partial charge in [0.05, 0.1) is 42.4 Å². The Hall–Kier alpha value is -3.82. The van der Waals surface area contributed by atoms with Crippen LogP contribution in [0.15, 0.2) is 74.0 Å². The van der Waals surface area contributed by atoms with E-state index in [4.69, 9.17) is 122 Å². The highest BCUT2D eigenvalue weighted by Gasteiger charge is 2.62. The first kappa shape index (κ1) is 63.2. The van der Waals surface area contributed by atoms with Crippen LogP contribution in [0.1, 0.15) is 110 Å². The Balaban J connectivity index is 0.000000114. The second-order valence-corrected chi connectivity index (χ2v) is 30.6. The Morgan fingerprint density at radius 1 is 0.505 bits per heavy atom. The molecular formula is C60H59Cl6N9O13S3. The maximum Gasteiger partial charge on any atom is 0.164 e. The molecular weight excluding hydrogens is 1360 g/mol. The van der Waals surface area contributed by atoms with Gasteiger partial charge >= 0.3 is 0 Å². The number of halogens is 6. The van der Waals surface area contributed by atoms with Gasteiger partial charge in [0.1, 0.15) is 125 Å². The molecule has 91 heavy (non-hydrogen) atoms.